The predicted octanol–water partition coefficient (Wildman–Crippen LogP) is 2.76. The van der Waals surface area contributed by atoms with E-state index < -0.39 is 0 Å². The molecule has 5 nitrogen and oxygen atoms in total. The quantitative estimate of drug-likeness (QED) is 0.616. The summed E-state index contributed by atoms with van der Waals surface area (Å²) >= 11 is 0. The van der Waals surface area contributed by atoms with E-state index in [-0.39, 0.29) is 23.9 Å². The second-order valence-corrected chi connectivity index (χ2v) is 6.16. The van der Waals surface area contributed by atoms with Crippen LogP contribution >= 0.6 is 0 Å². The van der Waals surface area contributed by atoms with Gasteiger partial charge in [-0.3, -0.25) is 9.79 Å². The number of amides is 1. The zero-order valence-corrected chi connectivity index (χ0v) is 14.0. The fraction of sp³-hybridized carbons (Fsp3) is 0.444. The number of rotatable bonds is 5. The van der Waals surface area contributed by atoms with Crippen LogP contribution in [-0.2, 0) is 9.53 Å². The van der Waals surface area contributed by atoms with Gasteiger partial charge in [-0.2, -0.15) is 0 Å². The first-order valence-electron chi connectivity index (χ1n) is 8.17. The molecule has 1 aromatic rings. The lowest BCUT2D eigenvalue weighted by Gasteiger charge is -2.30. The number of carbonyl (C=O) groups is 1. The number of anilines is 2. The van der Waals surface area contributed by atoms with Gasteiger partial charge in [0.2, 0.25) is 0 Å². The van der Waals surface area contributed by atoms with E-state index >= 15 is 0 Å². The van der Waals surface area contributed by atoms with E-state index in [2.05, 4.69) is 16.6 Å². The summed E-state index contributed by atoms with van der Waals surface area (Å²) < 4.78 is 20.2. The Morgan fingerprint density at radius 1 is 1.58 bits per heavy atom. The highest BCUT2D eigenvalue weighted by molar-refractivity contribution is 6.01. The molecule has 2 atom stereocenters. The monoisotopic (exact) mass is 331 g/mol. The van der Waals surface area contributed by atoms with Gasteiger partial charge < -0.3 is 14.5 Å². The third kappa shape index (κ3) is 3.06. The predicted molar refractivity (Wildman–Crippen MR) is 93.2 cm³/mol. The van der Waals surface area contributed by atoms with Gasteiger partial charge in [0, 0.05) is 30.5 Å². The van der Waals surface area contributed by atoms with Crippen LogP contribution in [0.15, 0.2) is 35.0 Å². The van der Waals surface area contributed by atoms with E-state index in [9.17, 15) is 9.18 Å². The molecular weight excluding hydrogens is 309 g/mol. The molecule has 1 amide bonds. The summed E-state index contributed by atoms with van der Waals surface area (Å²) in [5.41, 5.74) is 1.65. The molecule has 0 N–H and O–H groups in total. The topological polar surface area (TPSA) is 45.1 Å². The number of likely N-dealkylation sites (N-methyl/N-ethyl adjacent to an activating group) is 1. The fourth-order valence-corrected chi connectivity index (χ4v) is 3.36. The lowest BCUT2D eigenvalue weighted by Crippen LogP contribution is -2.37. The van der Waals surface area contributed by atoms with E-state index in [4.69, 9.17) is 4.74 Å². The van der Waals surface area contributed by atoms with E-state index in [1.165, 1.54) is 17.0 Å². The van der Waals surface area contributed by atoms with Crippen molar-refractivity contribution in [3.05, 3.63) is 35.8 Å². The van der Waals surface area contributed by atoms with E-state index in [1.54, 1.807) is 19.1 Å². The largest absolute Gasteiger partial charge is 0.374 e. The van der Waals surface area contributed by atoms with Crippen LogP contribution in [0.4, 0.5) is 15.8 Å². The van der Waals surface area contributed by atoms with Crippen molar-refractivity contribution in [3.8, 4) is 0 Å². The molecule has 2 bridgehead atoms. The van der Waals surface area contributed by atoms with Crippen LogP contribution in [0.25, 0.3) is 0 Å². The molecule has 6 heteroatoms. The van der Waals surface area contributed by atoms with Gasteiger partial charge in [-0.25, -0.2) is 4.39 Å². The minimum atomic E-state index is -0.311. The molecule has 2 saturated heterocycles. The van der Waals surface area contributed by atoms with Crippen molar-refractivity contribution in [2.24, 2.45) is 4.99 Å². The summed E-state index contributed by atoms with van der Waals surface area (Å²) in [4.78, 5) is 19.6. The first-order valence-corrected chi connectivity index (χ1v) is 8.17. The van der Waals surface area contributed by atoms with Crippen LogP contribution < -0.4 is 9.80 Å². The lowest BCUT2D eigenvalue weighted by molar-refractivity contribution is -0.114. The van der Waals surface area contributed by atoms with E-state index in [1.807, 2.05) is 6.92 Å². The highest BCUT2D eigenvalue weighted by atomic mass is 19.1. The first-order chi connectivity index (χ1) is 11.5. The zero-order valence-electron chi connectivity index (χ0n) is 14.0. The molecule has 3 rings (SSSR count). The Morgan fingerprint density at radius 3 is 2.92 bits per heavy atom. The van der Waals surface area contributed by atoms with E-state index in [0.717, 1.165) is 13.0 Å². The minimum Gasteiger partial charge on any atom is -0.374 e. The van der Waals surface area contributed by atoms with Crippen LogP contribution in [0.1, 0.15) is 20.3 Å². The number of aliphatic imine (C=N–C) groups is 1. The molecule has 0 saturated carbocycles. The first kappa shape index (κ1) is 16.6. The van der Waals surface area contributed by atoms with E-state index in [0.29, 0.717) is 30.2 Å². The Morgan fingerprint density at radius 2 is 2.38 bits per heavy atom. The lowest BCUT2D eigenvalue weighted by atomic mass is 10.2. The molecule has 0 aliphatic carbocycles. The maximum Gasteiger partial charge on any atom is 0.252 e. The van der Waals surface area contributed by atoms with Gasteiger partial charge >= 0.3 is 0 Å². The van der Waals surface area contributed by atoms with Crippen molar-refractivity contribution in [3.63, 3.8) is 0 Å². The van der Waals surface area contributed by atoms with Crippen molar-refractivity contribution in [2.45, 2.75) is 32.4 Å². The third-order valence-electron chi connectivity index (χ3n) is 4.62. The molecule has 0 radical (unpaired) electrons. The Bertz CT molecular complexity index is 689. The second kappa shape index (κ2) is 6.73. The maximum atomic E-state index is 14.7. The van der Waals surface area contributed by atoms with Crippen molar-refractivity contribution in [1.82, 2.24) is 0 Å². The maximum absolute atomic E-state index is 14.7. The van der Waals surface area contributed by atoms with Gasteiger partial charge in [-0.05, 0) is 45.2 Å². The van der Waals surface area contributed by atoms with Gasteiger partial charge in [0.05, 0.1) is 24.4 Å². The molecule has 1 aromatic carbocycles. The molecule has 24 heavy (non-hydrogen) atoms. The fourth-order valence-electron chi connectivity index (χ4n) is 3.36. The van der Waals surface area contributed by atoms with Gasteiger partial charge in [0.25, 0.3) is 5.91 Å². The van der Waals surface area contributed by atoms with Gasteiger partial charge in [-0.1, -0.05) is 0 Å². The number of ether oxygens (including phenoxy) is 1. The highest BCUT2D eigenvalue weighted by Crippen LogP contribution is 2.35. The molecule has 2 fully saturated rings. The summed E-state index contributed by atoms with van der Waals surface area (Å²) in [5, 5.41) is 0. The van der Waals surface area contributed by atoms with Crippen LogP contribution in [0.2, 0.25) is 0 Å². The molecule has 2 aliphatic rings. The number of hydrogen-bond donors (Lipinski definition) is 0. The number of carbonyl (C=O) groups excluding carboxylic acids is 1. The second-order valence-electron chi connectivity index (χ2n) is 6.16. The Hall–Kier alpha value is -2.21. The van der Waals surface area contributed by atoms with Crippen molar-refractivity contribution >= 4 is 24.0 Å². The minimum absolute atomic E-state index is 0.210. The Kier molecular flexibility index (Phi) is 4.66. The van der Waals surface area contributed by atoms with Crippen LogP contribution in [0.5, 0.6) is 0 Å². The molecule has 2 unspecified atom stereocenters. The molecule has 2 aliphatic heterocycles. The standard InChI is InChI=1S/C18H22FN3O2/c1-4-21(18(23)7-12(2)20-3)13-5-6-17(16(19)9-13)22-10-15-8-14(22)11-24-15/h5-7,9,14-15H,3-4,8,10-11H2,1-2H3/b12-7-. The Balaban J connectivity index is 1.83. The highest BCUT2D eigenvalue weighted by Gasteiger charge is 2.39. The van der Waals surface area contributed by atoms with Crippen LogP contribution in [0.3, 0.4) is 0 Å². The van der Waals surface area contributed by atoms with Gasteiger partial charge in [-0.15, -0.1) is 0 Å². The summed E-state index contributed by atoms with van der Waals surface area (Å²) in [5.74, 6) is -0.544. The van der Waals surface area contributed by atoms with Crippen LogP contribution in [0, 0.1) is 5.82 Å². The molecule has 0 aromatic heterocycles. The average Bonchev–Trinajstić information content (AvgIpc) is 3.18. The summed E-state index contributed by atoms with van der Waals surface area (Å²) in [7, 11) is 0. The van der Waals surface area contributed by atoms with Gasteiger partial charge in [0.1, 0.15) is 5.82 Å². The Labute approximate surface area is 141 Å². The average molecular weight is 331 g/mol. The zero-order chi connectivity index (χ0) is 17.3. The van der Waals surface area contributed by atoms with Crippen LogP contribution in [-0.4, -0.2) is 44.5 Å². The number of allylic oxidation sites excluding steroid dienone is 1. The molecular formula is C18H22FN3O2. The number of morpholine rings is 1. The van der Waals surface area contributed by atoms with Crippen molar-refractivity contribution in [1.29, 1.82) is 0 Å². The molecule has 0 spiro atoms. The number of nitrogens with zero attached hydrogens (tertiary/aromatic N) is 3. The number of fused-ring (bicyclic) bond motifs is 2. The normalized spacial score (nSPS) is 22.8. The summed E-state index contributed by atoms with van der Waals surface area (Å²) in [6.45, 7) is 8.78. The van der Waals surface area contributed by atoms with Gasteiger partial charge in [0.15, 0.2) is 0 Å². The number of halogens is 1. The number of benzene rings is 1. The molecule has 2 heterocycles. The van der Waals surface area contributed by atoms with Crippen molar-refractivity contribution < 1.29 is 13.9 Å². The SMILES string of the molecule is C=N/C(C)=C\C(=O)N(CC)c1ccc(N2CC3CC2CO3)c(F)c1. The summed E-state index contributed by atoms with van der Waals surface area (Å²) in [6.07, 6.45) is 2.57. The third-order valence-corrected chi connectivity index (χ3v) is 4.62. The molecule has 128 valence electrons. The van der Waals surface area contributed by atoms with Crippen molar-refractivity contribution in [2.75, 3.05) is 29.5 Å². The summed E-state index contributed by atoms with van der Waals surface area (Å²) in [6, 6.07) is 5.22. The smallest absolute Gasteiger partial charge is 0.252 e. The number of hydrogen-bond acceptors (Lipinski definition) is 4.